The van der Waals surface area contributed by atoms with E-state index < -0.39 is 0 Å². The summed E-state index contributed by atoms with van der Waals surface area (Å²) in [4.78, 5) is 8.28. The highest BCUT2D eigenvalue weighted by atomic mass is 79.9. The van der Waals surface area contributed by atoms with E-state index in [1.54, 1.807) is 6.20 Å². The maximum atomic E-state index is 5.85. The number of hydrogen-bond acceptors (Lipinski definition) is 3. The molecule has 0 bridgehead atoms. The second kappa shape index (κ2) is 3.98. The Balaban J connectivity index is 2.60. The molecule has 1 heterocycles. The summed E-state index contributed by atoms with van der Waals surface area (Å²) in [5.41, 5.74) is 7.71. The monoisotopic (exact) mass is 263 g/mol. The van der Waals surface area contributed by atoms with Crippen LogP contribution in [0.3, 0.4) is 0 Å². The number of nitrogen functional groups attached to an aromatic ring is 1. The molecule has 0 aliphatic carbocycles. The molecular weight excluding hydrogens is 254 g/mol. The predicted molar refractivity (Wildman–Crippen MR) is 64.3 cm³/mol. The summed E-state index contributed by atoms with van der Waals surface area (Å²) in [7, 11) is 0. The first kappa shape index (κ1) is 10.1. The number of aromatic nitrogens is 2. The number of halogens is 1. The fourth-order valence-electron chi connectivity index (χ4n) is 1.37. The molecule has 0 fully saturated rings. The quantitative estimate of drug-likeness (QED) is 0.861. The minimum absolute atomic E-state index is 0.509. The zero-order chi connectivity index (χ0) is 10.8. The molecule has 0 saturated carbocycles. The van der Waals surface area contributed by atoms with Gasteiger partial charge in [0.2, 0.25) is 0 Å². The van der Waals surface area contributed by atoms with Crippen molar-refractivity contribution in [3.8, 4) is 11.1 Å². The fourth-order valence-corrected chi connectivity index (χ4v) is 1.87. The van der Waals surface area contributed by atoms with E-state index in [0.717, 1.165) is 15.6 Å². The van der Waals surface area contributed by atoms with E-state index >= 15 is 0 Å². The lowest BCUT2D eigenvalue weighted by atomic mass is 10.1. The summed E-state index contributed by atoms with van der Waals surface area (Å²) >= 11 is 3.47. The van der Waals surface area contributed by atoms with Crippen LogP contribution in [0.15, 0.2) is 34.9 Å². The van der Waals surface area contributed by atoms with Gasteiger partial charge in [0.15, 0.2) is 0 Å². The van der Waals surface area contributed by atoms with Gasteiger partial charge in [0.05, 0.1) is 0 Å². The van der Waals surface area contributed by atoms with Gasteiger partial charge in [-0.05, 0) is 13.0 Å². The van der Waals surface area contributed by atoms with Crippen LogP contribution in [0, 0.1) is 6.92 Å². The molecule has 0 radical (unpaired) electrons. The van der Waals surface area contributed by atoms with Crippen molar-refractivity contribution >= 4 is 21.7 Å². The van der Waals surface area contributed by atoms with Crippen molar-refractivity contribution < 1.29 is 0 Å². The van der Waals surface area contributed by atoms with Gasteiger partial charge in [-0.2, -0.15) is 0 Å². The third-order valence-electron chi connectivity index (χ3n) is 2.10. The average Bonchev–Trinajstić information content (AvgIpc) is 2.20. The molecule has 1 aromatic heterocycles. The molecule has 2 aromatic rings. The van der Waals surface area contributed by atoms with Gasteiger partial charge in [0.25, 0.3) is 0 Å². The molecule has 15 heavy (non-hydrogen) atoms. The van der Waals surface area contributed by atoms with Crippen molar-refractivity contribution in [2.75, 3.05) is 5.73 Å². The van der Waals surface area contributed by atoms with Gasteiger partial charge >= 0.3 is 0 Å². The molecular formula is C11H10BrN3. The molecule has 0 unspecified atom stereocenters. The zero-order valence-electron chi connectivity index (χ0n) is 8.24. The summed E-state index contributed by atoms with van der Waals surface area (Å²) in [6.45, 7) is 1.82. The third-order valence-corrected chi connectivity index (χ3v) is 2.79. The smallest absolute Gasteiger partial charge is 0.135 e. The number of aryl methyl sites for hydroxylation is 1. The molecule has 0 aliphatic rings. The Kier molecular flexibility index (Phi) is 2.68. The van der Waals surface area contributed by atoms with Gasteiger partial charge < -0.3 is 5.73 Å². The van der Waals surface area contributed by atoms with Crippen molar-refractivity contribution in [2.24, 2.45) is 0 Å². The molecule has 0 amide bonds. The van der Waals surface area contributed by atoms with Gasteiger partial charge in [-0.25, -0.2) is 9.97 Å². The van der Waals surface area contributed by atoms with Crippen LogP contribution in [0.5, 0.6) is 0 Å². The second-order valence-corrected chi connectivity index (χ2v) is 4.05. The molecule has 0 aliphatic heterocycles. The van der Waals surface area contributed by atoms with Gasteiger partial charge in [0.1, 0.15) is 11.6 Å². The van der Waals surface area contributed by atoms with Crippen molar-refractivity contribution in [1.29, 1.82) is 0 Å². The minimum atomic E-state index is 0.509. The van der Waals surface area contributed by atoms with Gasteiger partial charge in [-0.15, -0.1) is 0 Å². The molecule has 2 N–H and O–H groups in total. The van der Waals surface area contributed by atoms with Crippen LogP contribution < -0.4 is 5.73 Å². The van der Waals surface area contributed by atoms with Crippen molar-refractivity contribution in [3.05, 3.63) is 40.8 Å². The van der Waals surface area contributed by atoms with Crippen molar-refractivity contribution in [2.45, 2.75) is 6.92 Å². The lowest BCUT2D eigenvalue weighted by molar-refractivity contribution is 1.06. The number of nitrogens with two attached hydrogens (primary N) is 1. The largest absolute Gasteiger partial charge is 0.383 e. The molecule has 4 heteroatoms. The van der Waals surface area contributed by atoms with Crippen LogP contribution in [0.2, 0.25) is 0 Å². The Labute approximate surface area is 96.5 Å². The van der Waals surface area contributed by atoms with E-state index in [1.165, 1.54) is 0 Å². The lowest BCUT2D eigenvalue weighted by Crippen LogP contribution is -1.98. The molecule has 0 spiro atoms. The van der Waals surface area contributed by atoms with Crippen molar-refractivity contribution in [3.63, 3.8) is 0 Å². The molecule has 0 saturated heterocycles. The normalized spacial score (nSPS) is 10.3. The van der Waals surface area contributed by atoms with E-state index in [4.69, 9.17) is 5.73 Å². The van der Waals surface area contributed by atoms with Crippen molar-refractivity contribution in [1.82, 2.24) is 9.97 Å². The highest BCUT2D eigenvalue weighted by Gasteiger charge is 2.07. The number of rotatable bonds is 1. The van der Waals surface area contributed by atoms with Crippen LogP contribution in [0.4, 0.5) is 5.82 Å². The SMILES string of the molecule is Cc1ncc(-c2ccccc2Br)c(N)n1. The van der Waals surface area contributed by atoms with E-state index in [9.17, 15) is 0 Å². The highest BCUT2D eigenvalue weighted by Crippen LogP contribution is 2.30. The molecule has 76 valence electrons. The minimum Gasteiger partial charge on any atom is -0.383 e. The molecule has 1 aromatic carbocycles. The van der Waals surface area contributed by atoms with E-state index in [-0.39, 0.29) is 0 Å². The second-order valence-electron chi connectivity index (χ2n) is 3.20. The van der Waals surface area contributed by atoms with Crippen LogP contribution in [-0.2, 0) is 0 Å². The van der Waals surface area contributed by atoms with Crippen LogP contribution in [0.25, 0.3) is 11.1 Å². The Bertz CT molecular complexity index is 497. The molecule has 2 rings (SSSR count). The van der Waals surface area contributed by atoms with E-state index in [1.807, 2.05) is 31.2 Å². The first-order valence-corrected chi connectivity index (χ1v) is 5.32. The molecule has 3 nitrogen and oxygen atoms in total. The Hall–Kier alpha value is -1.42. The third kappa shape index (κ3) is 1.99. The molecule has 0 atom stereocenters. The van der Waals surface area contributed by atoms with Crippen LogP contribution >= 0.6 is 15.9 Å². The zero-order valence-corrected chi connectivity index (χ0v) is 9.82. The van der Waals surface area contributed by atoms with Gasteiger partial charge in [-0.3, -0.25) is 0 Å². The summed E-state index contributed by atoms with van der Waals surface area (Å²) in [6, 6.07) is 7.86. The lowest BCUT2D eigenvalue weighted by Gasteiger charge is -2.06. The average molecular weight is 264 g/mol. The summed E-state index contributed by atoms with van der Waals surface area (Å²) < 4.78 is 0.990. The van der Waals surface area contributed by atoms with Gasteiger partial charge in [-0.1, -0.05) is 34.1 Å². The first-order chi connectivity index (χ1) is 7.18. The van der Waals surface area contributed by atoms with Crippen LogP contribution in [0.1, 0.15) is 5.82 Å². The maximum absolute atomic E-state index is 5.85. The van der Waals surface area contributed by atoms with E-state index in [2.05, 4.69) is 25.9 Å². The number of anilines is 1. The maximum Gasteiger partial charge on any atom is 0.135 e. The van der Waals surface area contributed by atoms with Gasteiger partial charge in [0, 0.05) is 21.8 Å². The Morgan fingerprint density at radius 3 is 2.60 bits per heavy atom. The highest BCUT2D eigenvalue weighted by molar-refractivity contribution is 9.10. The standard InChI is InChI=1S/C11H10BrN3/c1-7-14-6-9(11(13)15-7)8-4-2-3-5-10(8)12/h2-6H,1H3,(H2,13,14,15). The Morgan fingerprint density at radius 2 is 1.93 bits per heavy atom. The summed E-state index contributed by atoms with van der Waals surface area (Å²) in [6.07, 6.45) is 1.75. The predicted octanol–water partition coefficient (Wildman–Crippen LogP) is 2.80. The number of benzene rings is 1. The number of hydrogen-bond donors (Lipinski definition) is 1. The summed E-state index contributed by atoms with van der Waals surface area (Å²) in [5, 5.41) is 0. The first-order valence-electron chi connectivity index (χ1n) is 4.52. The number of nitrogens with zero attached hydrogens (tertiary/aromatic N) is 2. The Morgan fingerprint density at radius 1 is 1.20 bits per heavy atom. The summed E-state index contributed by atoms with van der Waals surface area (Å²) in [5.74, 6) is 1.19. The fraction of sp³-hybridized carbons (Fsp3) is 0.0909. The topological polar surface area (TPSA) is 51.8 Å². The van der Waals surface area contributed by atoms with Crippen LogP contribution in [-0.4, -0.2) is 9.97 Å². The van der Waals surface area contributed by atoms with E-state index in [0.29, 0.717) is 11.6 Å².